The number of nitro benzene ring substituents is 1. The van der Waals surface area contributed by atoms with Crippen LogP contribution in [0.15, 0.2) is 42.5 Å². The number of nitrogens with one attached hydrogen (secondary N) is 1. The van der Waals surface area contributed by atoms with Crippen LogP contribution in [0.1, 0.15) is 15.9 Å². The van der Waals surface area contributed by atoms with Gasteiger partial charge in [0.05, 0.1) is 4.92 Å². The molecule has 0 aliphatic heterocycles. The molecule has 0 unspecified atom stereocenters. The fourth-order valence-corrected chi connectivity index (χ4v) is 2.05. The quantitative estimate of drug-likeness (QED) is 0.690. The zero-order chi connectivity index (χ0) is 14.7. The first-order valence-corrected chi connectivity index (χ1v) is 6.18. The Bertz CT molecular complexity index is 686. The van der Waals surface area contributed by atoms with E-state index in [1.165, 1.54) is 18.2 Å². The monoisotopic (exact) mass is 290 g/mol. The van der Waals surface area contributed by atoms with Crippen LogP contribution in [0.25, 0.3) is 0 Å². The summed E-state index contributed by atoms with van der Waals surface area (Å²) in [5, 5.41) is 13.6. The summed E-state index contributed by atoms with van der Waals surface area (Å²) < 4.78 is 0. The second-order valence-electron chi connectivity index (χ2n) is 4.22. The van der Waals surface area contributed by atoms with Gasteiger partial charge in [-0.3, -0.25) is 14.9 Å². The fraction of sp³-hybridized carbons (Fsp3) is 0.0714. The maximum atomic E-state index is 12.1. The van der Waals surface area contributed by atoms with Crippen LogP contribution in [-0.4, -0.2) is 10.8 Å². The summed E-state index contributed by atoms with van der Waals surface area (Å²) in [6.07, 6.45) is 0. The van der Waals surface area contributed by atoms with Gasteiger partial charge in [0.25, 0.3) is 5.91 Å². The van der Waals surface area contributed by atoms with Gasteiger partial charge in [-0.2, -0.15) is 0 Å². The molecular weight excluding hydrogens is 280 g/mol. The van der Waals surface area contributed by atoms with Crippen molar-refractivity contribution in [3.63, 3.8) is 0 Å². The molecular formula is C14H11ClN2O3. The molecule has 0 saturated carbocycles. The molecule has 20 heavy (non-hydrogen) atoms. The molecule has 6 heteroatoms. The Balaban J connectivity index is 2.35. The number of nitro groups is 1. The number of hydrogen-bond donors (Lipinski definition) is 1. The highest BCUT2D eigenvalue weighted by Crippen LogP contribution is 2.28. The third kappa shape index (κ3) is 2.95. The van der Waals surface area contributed by atoms with Crippen LogP contribution < -0.4 is 5.32 Å². The smallest absolute Gasteiger partial charge is 0.300 e. The number of rotatable bonds is 3. The van der Waals surface area contributed by atoms with Crippen molar-refractivity contribution in [1.29, 1.82) is 0 Å². The summed E-state index contributed by atoms with van der Waals surface area (Å²) in [6.45, 7) is 1.89. The molecule has 5 nitrogen and oxygen atoms in total. The number of aryl methyl sites for hydroxylation is 1. The molecule has 0 aliphatic carbocycles. The van der Waals surface area contributed by atoms with Crippen molar-refractivity contribution >= 4 is 28.9 Å². The van der Waals surface area contributed by atoms with Crippen molar-refractivity contribution in [2.75, 3.05) is 5.32 Å². The van der Waals surface area contributed by atoms with E-state index >= 15 is 0 Å². The molecule has 0 heterocycles. The standard InChI is InChI=1S/C14H11ClN2O3/c1-9-4-2-5-10(8-9)16-14(18)11-6-3-7-12(15)13(11)17(19)20/h2-8H,1H3,(H,16,18). The molecule has 0 spiro atoms. The van der Waals surface area contributed by atoms with Gasteiger partial charge in [-0.15, -0.1) is 0 Å². The van der Waals surface area contributed by atoms with Crippen molar-refractivity contribution < 1.29 is 9.72 Å². The lowest BCUT2D eigenvalue weighted by Crippen LogP contribution is -2.14. The minimum absolute atomic E-state index is 0.0631. The Hall–Kier alpha value is -2.40. The van der Waals surface area contributed by atoms with E-state index in [9.17, 15) is 14.9 Å². The van der Waals surface area contributed by atoms with E-state index < -0.39 is 10.8 Å². The second-order valence-corrected chi connectivity index (χ2v) is 4.62. The predicted octanol–water partition coefficient (Wildman–Crippen LogP) is 3.81. The summed E-state index contributed by atoms with van der Waals surface area (Å²) in [5.41, 5.74) is 1.09. The average Bonchev–Trinajstić information content (AvgIpc) is 2.37. The Morgan fingerprint density at radius 2 is 1.95 bits per heavy atom. The Morgan fingerprint density at radius 3 is 2.60 bits per heavy atom. The number of anilines is 1. The van der Waals surface area contributed by atoms with Crippen molar-refractivity contribution in [2.24, 2.45) is 0 Å². The third-order valence-electron chi connectivity index (χ3n) is 2.69. The molecule has 0 aromatic heterocycles. The predicted molar refractivity (Wildman–Crippen MR) is 77.2 cm³/mol. The number of para-hydroxylation sites is 1. The molecule has 0 atom stereocenters. The average molecular weight is 291 g/mol. The number of halogens is 1. The topological polar surface area (TPSA) is 72.2 Å². The van der Waals surface area contributed by atoms with E-state index in [-0.39, 0.29) is 16.3 Å². The Morgan fingerprint density at radius 1 is 1.25 bits per heavy atom. The lowest BCUT2D eigenvalue weighted by molar-refractivity contribution is -0.385. The maximum Gasteiger partial charge on any atom is 0.300 e. The van der Waals surface area contributed by atoms with E-state index in [1.54, 1.807) is 18.2 Å². The van der Waals surface area contributed by atoms with E-state index in [1.807, 2.05) is 13.0 Å². The Labute approximate surface area is 120 Å². The van der Waals surface area contributed by atoms with Gasteiger partial charge < -0.3 is 5.32 Å². The molecule has 2 aromatic carbocycles. The zero-order valence-corrected chi connectivity index (χ0v) is 11.3. The summed E-state index contributed by atoms with van der Waals surface area (Å²) in [5.74, 6) is -0.565. The third-order valence-corrected chi connectivity index (χ3v) is 2.99. The highest BCUT2D eigenvalue weighted by atomic mass is 35.5. The van der Waals surface area contributed by atoms with Crippen LogP contribution in [-0.2, 0) is 0 Å². The lowest BCUT2D eigenvalue weighted by atomic mass is 10.1. The summed E-state index contributed by atoms with van der Waals surface area (Å²) in [4.78, 5) is 22.5. The highest BCUT2D eigenvalue weighted by molar-refractivity contribution is 6.33. The van der Waals surface area contributed by atoms with Gasteiger partial charge in [-0.05, 0) is 36.8 Å². The minimum atomic E-state index is -0.659. The molecule has 1 N–H and O–H groups in total. The first kappa shape index (κ1) is 14.0. The molecule has 0 radical (unpaired) electrons. The zero-order valence-electron chi connectivity index (χ0n) is 10.6. The van der Waals surface area contributed by atoms with Crippen LogP contribution in [0.3, 0.4) is 0 Å². The molecule has 0 aliphatic rings. The summed E-state index contributed by atoms with van der Waals surface area (Å²) in [6, 6.07) is 11.4. The molecule has 2 aromatic rings. The fourth-order valence-electron chi connectivity index (χ4n) is 1.81. The lowest BCUT2D eigenvalue weighted by Gasteiger charge is -2.07. The van der Waals surface area contributed by atoms with E-state index in [0.717, 1.165) is 5.56 Å². The molecule has 2 rings (SSSR count). The van der Waals surface area contributed by atoms with Crippen molar-refractivity contribution in [1.82, 2.24) is 0 Å². The number of benzene rings is 2. The Kier molecular flexibility index (Phi) is 4.00. The van der Waals surface area contributed by atoms with Crippen LogP contribution in [0.5, 0.6) is 0 Å². The van der Waals surface area contributed by atoms with E-state index in [4.69, 9.17) is 11.6 Å². The number of nitrogens with zero attached hydrogens (tertiary/aromatic N) is 1. The van der Waals surface area contributed by atoms with Crippen LogP contribution in [0.4, 0.5) is 11.4 Å². The molecule has 0 fully saturated rings. The maximum absolute atomic E-state index is 12.1. The van der Waals surface area contributed by atoms with Gasteiger partial charge in [0.1, 0.15) is 10.6 Å². The minimum Gasteiger partial charge on any atom is -0.322 e. The second kappa shape index (κ2) is 5.71. The van der Waals surface area contributed by atoms with Gasteiger partial charge in [0.2, 0.25) is 0 Å². The van der Waals surface area contributed by atoms with Crippen molar-refractivity contribution in [3.8, 4) is 0 Å². The summed E-state index contributed by atoms with van der Waals surface area (Å²) in [7, 11) is 0. The first-order valence-electron chi connectivity index (χ1n) is 5.80. The van der Waals surface area contributed by atoms with Gasteiger partial charge in [-0.1, -0.05) is 29.8 Å². The van der Waals surface area contributed by atoms with Crippen molar-refractivity contribution in [3.05, 3.63) is 68.7 Å². The highest BCUT2D eigenvalue weighted by Gasteiger charge is 2.23. The normalized spacial score (nSPS) is 10.1. The van der Waals surface area contributed by atoms with E-state index in [0.29, 0.717) is 5.69 Å². The number of hydrogen-bond acceptors (Lipinski definition) is 3. The number of carbonyl (C=O) groups excluding carboxylic acids is 1. The first-order chi connectivity index (χ1) is 9.49. The molecule has 0 saturated heterocycles. The van der Waals surface area contributed by atoms with Crippen LogP contribution in [0, 0.1) is 17.0 Å². The van der Waals surface area contributed by atoms with Crippen LogP contribution >= 0.6 is 11.6 Å². The largest absolute Gasteiger partial charge is 0.322 e. The van der Waals surface area contributed by atoms with Gasteiger partial charge >= 0.3 is 5.69 Å². The summed E-state index contributed by atoms with van der Waals surface area (Å²) >= 11 is 5.78. The van der Waals surface area contributed by atoms with E-state index in [2.05, 4.69) is 5.32 Å². The molecule has 0 bridgehead atoms. The SMILES string of the molecule is Cc1cccc(NC(=O)c2cccc(Cl)c2[N+](=O)[O-])c1. The van der Waals surface area contributed by atoms with Crippen molar-refractivity contribution in [2.45, 2.75) is 6.92 Å². The van der Waals surface area contributed by atoms with Gasteiger partial charge in [0, 0.05) is 5.69 Å². The van der Waals surface area contributed by atoms with Gasteiger partial charge in [-0.25, -0.2) is 0 Å². The molecule has 1 amide bonds. The van der Waals surface area contributed by atoms with Gasteiger partial charge in [0.15, 0.2) is 0 Å². The number of carbonyl (C=O) groups is 1. The van der Waals surface area contributed by atoms with Crippen LogP contribution in [0.2, 0.25) is 5.02 Å². The molecule has 102 valence electrons. The number of amides is 1.